The standard InChI is InChI=1S/C19H21FN4O2S/c20-17-5-3-4-16(12-17)15-27(25,26)23-10-8-22(9-11-23)14-18-13-19-6-1-2-7-24(19)21-18/h1-7,12-13H,8-11,14-15H2. The van der Waals surface area contributed by atoms with E-state index in [2.05, 4.69) is 10.00 Å². The molecule has 1 aromatic carbocycles. The highest BCUT2D eigenvalue weighted by Gasteiger charge is 2.27. The van der Waals surface area contributed by atoms with Crippen molar-refractivity contribution in [1.82, 2.24) is 18.8 Å². The summed E-state index contributed by atoms with van der Waals surface area (Å²) in [4.78, 5) is 2.20. The quantitative estimate of drug-likeness (QED) is 0.672. The van der Waals surface area contributed by atoms with Crippen LogP contribution in [0.2, 0.25) is 0 Å². The Morgan fingerprint density at radius 1 is 1.00 bits per heavy atom. The van der Waals surface area contributed by atoms with Gasteiger partial charge in [0.25, 0.3) is 0 Å². The van der Waals surface area contributed by atoms with E-state index in [4.69, 9.17) is 0 Å². The Morgan fingerprint density at radius 2 is 1.81 bits per heavy atom. The minimum atomic E-state index is -3.45. The predicted molar refractivity (Wildman–Crippen MR) is 101 cm³/mol. The summed E-state index contributed by atoms with van der Waals surface area (Å²) in [5, 5.41) is 4.55. The normalized spacial score (nSPS) is 16.8. The Morgan fingerprint density at radius 3 is 2.56 bits per heavy atom. The molecule has 6 nitrogen and oxygen atoms in total. The van der Waals surface area contributed by atoms with Gasteiger partial charge in [0.2, 0.25) is 10.0 Å². The number of hydrogen-bond acceptors (Lipinski definition) is 4. The van der Waals surface area contributed by atoms with Crippen molar-refractivity contribution in [1.29, 1.82) is 0 Å². The molecule has 0 saturated carbocycles. The molecule has 8 heteroatoms. The Labute approximate surface area is 157 Å². The van der Waals surface area contributed by atoms with Crippen LogP contribution in [-0.4, -0.2) is 53.4 Å². The van der Waals surface area contributed by atoms with Crippen LogP contribution in [0.1, 0.15) is 11.3 Å². The number of rotatable bonds is 5. The van der Waals surface area contributed by atoms with Crippen LogP contribution in [0.5, 0.6) is 0 Å². The Bertz CT molecular complexity index is 1010. The van der Waals surface area contributed by atoms with Crippen molar-refractivity contribution >= 4 is 15.5 Å². The fourth-order valence-corrected chi connectivity index (χ4v) is 4.89. The number of benzene rings is 1. The van der Waals surface area contributed by atoms with Gasteiger partial charge in [-0.05, 0) is 35.9 Å². The lowest BCUT2D eigenvalue weighted by atomic mass is 10.2. The Kier molecular flexibility index (Phi) is 4.94. The second kappa shape index (κ2) is 7.38. The molecule has 4 rings (SSSR count). The molecule has 0 N–H and O–H groups in total. The molecule has 1 fully saturated rings. The summed E-state index contributed by atoms with van der Waals surface area (Å²) in [5.41, 5.74) is 2.49. The van der Waals surface area contributed by atoms with Crippen molar-refractivity contribution in [2.45, 2.75) is 12.3 Å². The Hall–Kier alpha value is -2.29. The maximum absolute atomic E-state index is 13.3. The first-order valence-corrected chi connectivity index (χ1v) is 10.5. The van der Waals surface area contributed by atoms with Crippen LogP contribution >= 0.6 is 0 Å². The summed E-state index contributed by atoms with van der Waals surface area (Å²) in [6.07, 6.45) is 1.91. The van der Waals surface area contributed by atoms with Gasteiger partial charge in [0.05, 0.1) is 17.0 Å². The second-order valence-electron chi connectivity index (χ2n) is 6.77. The maximum atomic E-state index is 13.3. The van der Waals surface area contributed by atoms with Crippen LogP contribution in [0.3, 0.4) is 0 Å². The van der Waals surface area contributed by atoms with Crippen molar-refractivity contribution < 1.29 is 12.8 Å². The van der Waals surface area contributed by atoms with Gasteiger partial charge in [-0.25, -0.2) is 17.3 Å². The van der Waals surface area contributed by atoms with Crippen LogP contribution in [0.4, 0.5) is 4.39 Å². The van der Waals surface area contributed by atoms with Gasteiger partial charge in [0.15, 0.2) is 0 Å². The molecule has 0 amide bonds. The summed E-state index contributed by atoms with van der Waals surface area (Å²) in [6, 6.07) is 13.7. The monoisotopic (exact) mass is 388 g/mol. The fraction of sp³-hybridized carbons (Fsp3) is 0.316. The van der Waals surface area contributed by atoms with Crippen LogP contribution in [-0.2, 0) is 22.3 Å². The number of halogens is 1. The molecule has 0 atom stereocenters. The molecule has 0 unspecified atom stereocenters. The molecular weight excluding hydrogens is 367 g/mol. The van der Waals surface area contributed by atoms with Crippen molar-refractivity contribution in [3.05, 3.63) is 71.8 Å². The zero-order valence-corrected chi connectivity index (χ0v) is 15.6. The van der Waals surface area contributed by atoms with Crippen molar-refractivity contribution in [2.24, 2.45) is 0 Å². The number of nitrogens with zero attached hydrogens (tertiary/aromatic N) is 4. The predicted octanol–water partition coefficient (Wildman–Crippen LogP) is 2.12. The Balaban J connectivity index is 1.36. The second-order valence-corrected chi connectivity index (χ2v) is 8.74. The summed E-state index contributed by atoms with van der Waals surface area (Å²) < 4.78 is 41.9. The fourth-order valence-electron chi connectivity index (χ4n) is 3.39. The third-order valence-corrected chi connectivity index (χ3v) is 6.62. The number of pyridine rings is 1. The van der Waals surface area contributed by atoms with E-state index >= 15 is 0 Å². The summed E-state index contributed by atoms with van der Waals surface area (Å²) in [5.74, 6) is -0.586. The largest absolute Gasteiger partial charge is 0.295 e. The van der Waals surface area contributed by atoms with Gasteiger partial charge in [-0.2, -0.15) is 9.40 Å². The molecule has 1 aliphatic rings. The van der Waals surface area contributed by atoms with Crippen LogP contribution in [0.15, 0.2) is 54.7 Å². The van der Waals surface area contributed by atoms with Crippen LogP contribution in [0.25, 0.3) is 5.52 Å². The molecule has 2 aromatic heterocycles. The van der Waals surface area contributed by atoms with Gasteiger partial charge in [0.1, 0.15) is 5.82 Å². The van der Waals surface area contributed by atoms with Gasteiger partial charge >= 0.3 is 0 Å². The number of fused-ring (bicyclic) bond motifs is 1. The highest BCUT2D eigenvalue weighted by molar-refractivity contribution is 7.88. The summed E-state index contributed by atoms with van der Waals surface area (Å²) in [6.45, 7) is 2.86. The van der Waals surface area contributed by atoms with Gasteiger partial charge in [0, 0.05) is 38.9 Å². The smallest absolute Gasteiger partial charge is 0.218 e. The average molecular weight is 388 g/mol. The molecule has 27 heavy (non-hydrogen) atoms. The van der Waals surface area contributed by atoms with Crippen molar-refractivity contribution in [3.8, 4) is 0 Å². The van der Waals surface area contributed by atoms with Gasteiger partial charge in [-0.1, -0.05) is 18.2 Å². The molecular formula is C19H21FN4O2S. The minimum absolute atomic E-state index is 0.169. The first-order chi connectivity index (χ1) is 13.0. The maximum Gasteiger partial charge on any atom is 0.218 e. The molecule has 1 saturated heterocycles. The van der Waals surface area contributed by atoms with Gasteiger partial charge in [-0.3, -0.25) is 4.90 Å². The lowest BCUT2D eigenvalue weighted by Gasteiger charge is -2.33. The van der Waals surface area contributed by atoms with Crippen molar-refractivity contribution in [2.75, 3.05) is 26.2 Å². The molecule has 0 aliphatic carbocycles. The topological polar surface area (TPSA) is 57.9 Å². The molecule has 142 valence electrons. The van der Waals surface area contributed by atoms with E-state index < -0.39 is 15.8 Å². The van der Waals surface area contributed by atoms with E-state index in [0.717, 1.165) is 11.2 Å². The SMILES string of the molecule is O=S(=O)(Cc1cccc(F)c1)N1CCN(Cc2cc3ccccn3n2)CC1. The molecule has 0 bridgehead atoms. The van der Waals surface area contributed by atoms with E-state index in [1.807, 2.05) is 35.0 Å². The molecule has 3 aromatic rings. The lowest BCUT2D eigenvalue weighted by Crippen LogP contribution is -2.48. The van der Waals surface area contributed by atoms with Crippen LogP contribution in [0, 0.1) is 5.82 Å². The number of aromatic nitrogens is 2. The highest BCUT2D eigenvalue weighted by Crippen LogP contribution is 2.16. The van der Waals surface area contributed by atoms with E-state index in [9.17, 15) is 12.8 Å². The zero-order chi connectivity index (χ0) is 18.9. The molecule has 3 heterocycles. The number of piperazine rings is 1. The molecule has 0 spiro atoms. The van der Waals surface area contributed by atoms with Gasteiger partial charge in [-0.15, -0.1) is 0 Å². The molecule has 1 aliphatic heterocycles. The first kappa shape index (κ1) is 18.1. The average Bonchev–Trinajstić information content (AvgIpc) is 3.04. The first-order valence-electron chi connectivity index (χ1n) is 8.87. The highest BCUT2D eigenvalue weighted by atomic mass is 32.2. The van der Waals surface area contributed by atoms with E-state index in [1.165, 1.54) is 22.5 Å². The van der Waals surface area contributed by atoms with E-state index in [0.29, 0.717) is 38.3 Å². The summed E-state index contributed by atoms with van der Waals surface area (Å²) >= 11 is 0. The van der Waals surface area contributed by atoms with E-state index in [-0.39, 0.29) is 5.75 Å². The lowest BCUT2D eigenvalue weighted by molar-refractivity contribution is 0.179. The third kappa shape index (κ3) is 4.18. The van der Waals surface area contributed by atoms with E-state index in [1.54, 1.807) is 6.07 Å². The zero-order valence-electron chi connectivity index (χ0n) is 14.8. The van der Waals surface area contributed by atoms with Crippen molar-refractivity contribution in [3.63, 3.8) is 0 Å². The van der Waals surface area contributed by atoms with Gasteiger partial charge < -0.3 is 0 Å². The number of hydrogen-bond donors (Lipinski definition) is 0. The molecule has 0 radical (unpaired) electrons. The minimum Gasteiger partial charge on any atom is -0.295 e. The van der Waals surface area contributed by atoms with Crippen LogP contribution < -0.4 is 0 Å². The summed E-state index contributed by atoms with van der Waals surface area (Å²) in [7, 11) is -3.45. The third-order valence-electron chi connectivity index (χ3n) is 4.77. The number of sulfonamides is 1.